The van der Waals surface area contributed by atoms with E-state index in [0.717, 1.165) is 6.07 Å². The summed E-state index contributed by atoms with van der Waals surface area (Å²) in [5.74, 6) is -1.67. The number of anilines is 2. The molecule has 0 bridgehead atoms. The minimum Gasteiger partial charge on any atom is -0.322 e. The Morgan fingerprint density at radius 2 is 1.66 bits per heavy atom. The number of rotatable bonds is 5. The van der Waals surface area contributed by atoms with Crippen molar-refractivity contribution in [2.24, 2.45) is 0 Å². The molecule has 3 amide bonds. The average molecular weight is 456 g/mol. The summed E-state index contributed by atoms with van der Waals surface area (Å²) in [7, 11) is 0. The highest BCUT2D eigenvalue weighted by atomic mass is 35.5. The van der Waals surface area contributed by atoms with Crippen LogP contribution in [0.1, 0.15) is 22.3 Å². The molecular weight excluding hydrogens is 436 g/mol. The lowest BCUT2D eigenvalue weighted by atomic mass is 10.1. The van der Waals surface area contributed by atoms with Gasteiger partial charge in [0.1, 0.15) is 11.6 Å². The molecule has 164 valence electrons. The number of hydrogen-bond acceptors (Lipinski definition) is 2. The van der Waals surface area contributed by atoms with Crippen LogP contribution in [0.4, 0.5) is 25.0 Å². The van der Waals surface area contributed by atoms with E-state index in [4.69, 9.17) is 11.6 Å². The molecular formula is C24H20ClF2N3O2. The summed E-state index contributed by atoms with van der Waals surface area (Å²) in [6.45, 7) is 1.15. The molecule has 0 saturated carbocycles. The Hall–Kier alpha value is -3.45. The van der Waals surface area contributed by atoms with Crippen LogP contribution in [-0.2, 0) is 6.54 Å². The predicted octanol–water partition coefficient (Wildman–Crippen LogP) is 5.70. The van der Waals surface area contributed by atoms with Crippen molar-refractivity contribution >= 4 is 34.9 Å². The smallest absolute Gasteiger partial charge is 0.322 e. The van der Waals surface area contributed by atoms with Crippen molar-refractivity contribution in [3.8, 4) is 0 Å². The van der Waals surface area contributed by atoms with Crippen molar-refractivity contribution in [2.45, 2.75) is 13.0 Å². The van der Waals surface area contributed by atoms with Crippen molar-refractivity contribution in [3.63, 3.8) is 0 Å². The van der Waals surface area contributed by atoms with E-state index in [1.54, 1.807) is 58.3 Å². The largest absolute Gasteiger partial charge is 0.324 e. The van der Waals surface area contributed by atoms with Gasteiger partial charge in [-0.3, -0.25) is 9.69 Å². The molecule has 4 rings (SSSR count). The number of hydrogen-bond donors (Lipinski definition) is 1. The van der Waals surface area contributed by atoms with Gasteiger partial charge in [0.25, 0.3) is 5.91 Å². The lowest BCUT2D eigenvalue weighted by Crippen LogP contribution is -2.49. The zero-order chi connectivity index (χ0) is 22.7. The van der Waals surface area contributed by atoms with Crippen LogP contribution < -0.4 is 10.2 Å². The first kappa shape index (κ1) is 21.8. The van der Waals surface area contributed by atoms with Crippen molar-refractivity contribution < 1.29 is 18.4 Å². The molecule has 3 aromatic carbocycles. The summed E-state index contributed by atoms with van der Waals surface area (Å²) in [6, 6.07) is 16.7. The first-order chi connectivity index (χ1) is 15.4. The molecule has 1 aliphatic rings. The standard InChI is InChI=1S/C24H20ClF2N3O2/c25-22-5-2-1-4-21(22)23(31)28-19-6-8-20(9-7-19)30-11-3-10-29(24(30)32)15-16-12-17(26)14-18(27)13-16/h1-2,4-9,12-14H,3,10-11,15H2,(H,28,31). The van der Waals surface area contributed by atoms with Crippen molar-refractivity contribution in [2.75, 3.05) is 23.3 Å². The van der Waals surface area contributed by atoms with Gasteiger partial charge in [-0.1, -0.05) is 23.7 Å². The topological polar surface area (TPSA) is 52.7 Å². The maximum Gasteiger partial charge on any atom is 0.324 e. The fourth-order valence-electron chi connectivity index (χ4n) is 3.66. The third kappa shape index (κ3) is 4.89. The lowest BCUT2D eigenvalue weighted by molar-refractivity contribution is 0.102. The van der Waals surface area contributed by atoms with Crippen LogP contribution in [0.25, 0.3) is 0 Å². The number of carbonyl (C=O) groups excluding carboxylic acids is 2. The Balaban J connectivity index is 1.44. The average Bonchev–Trinajstić information content (AvgIpc) is 2.75. The SMILES string of the molecule is O=C(Nc1ccc(N2CCCN(Cc3cc(F)cc(F)c3)C2=O)cc1)c1ccccc1Cl. The van der Waals surface area contributed by atoms with Crippen molar-refractivity contribution in [1.29, 1.82) is 0 Å². The van der Waals surface area contributed by atoms with Crippen LogP contribution in [0, 0.1) is 11.6 Å². The highest BCUT2D eigenvalue weighted by molar-refractivity contribution is 6.34. The molecule has 5 nitrogen and oxygen atoms in total. The van der Waals surface area contributed by atoms with Crippen LogP contribution in [0.15, 0.2) is 66.7 Å². The van der Waals surface area contributed by atoms with E-state index in [1.807, 2.05) is 0 Å². The number of nitrogens with zero attached hydrogens (tertiary/aromatic N) is 2. The van der Waals surface area contributed by atoms with E-state index in [2.05, 4.69) is 5.32 Å². The summed E-state index contributed by atoms with van der Waals surface area (Å²) >= 11 is 6.07. The van der Waals surface area contributed by atoms with Gasteiger partial charge >= 0.3 is 6.03 Å². The molecule has 0 spiro atoms. The maximum absolute atomic E-state index is 13.5. The van der Waals surface area contributed by atoms with Crippen LogP contribution >= 0.6 is 11.6 Å². The van der Waals surface area contributed by atoms with Gasteiger partial charge in [-0.15, -0.1) is 0 Å². The van der Waals surface area contributed by atoms with Gasteiger partial charge in [0.15, 0.2) is 0 Å². The second kappa shape index (κ2) is 9.36. The fraction of sp³-hybridized carbons (Fsp3) is 0.167. The lowest BCUT2D eigenvalue weighted by Gasteiger charge is -2.35. The summed E-state index contributed by atoms with van der Waals surface area (Å²) in [5, 5.41) is 3.14. The van der Waals surface area contributed by atoms with Crippen molar-refractivity contribution in [3.05, 3.63) is 94.5 Å². The minimum absolute atomic E-state index is 0.121. The zero-order valence-corrected chi connectivity index (χ0v) is 17.8. The van der Waals surface area contributed by atoms with Gasteiger partial charge in [-0.05, 0) is 60.5 Å². The van der Waals surface area contributed by atoms with E-state index >= 15 is 0 Å². The third-order valence-electron chi connectivity index (χ3n) is 5.16. The highest BCUT2D eigenvalue weighted by Crippen LogP contribution is 2.24. The third-order valence-corrected chi connectivity index (χ3v) is 5.49. The maximum atomic E-state index is 13.5. The molecule has 0 aromatic heterocycles. The Labute approximate surface area is 189 Å². The molecule has 32 heavy (non-hydrogen) atoms. The van der Waals surface area contributed by atoms with Crippen LogP contribution in [0.3, 0.4) is 0 Å². The van der Waals surface area contributed by atoms with Crippen LogP contribution in [0.2, 0.25) is 5.02 Å². The Morgan fingerprint density at radius 1 is 0.969 bits per heavy atom. The Bertz CT molecular complexity index is 1130. The first-order valence-corrected chi connectivity index (χ1v) is 10.5. The molecule has 0 unspecified atom stereocenters. The van der Waals surface area contributed by atoms with E-state index in [9.17, 15) is 18.4 Å². The summed E-state index contributed by atoms with van der Waals surface area (Å²) in [6.07, 6.45) is 0.717. The van der Waals surface area contributed by atoms with Crippen LogP contribution in [0.5, 0.6) is 0 Å². The normalized spacial score (nSPS) is 13.9. The molecule has 0 atom stereocenters. The summed E-state index contributed by atoms with van der Waals surface area (Å²) < 4.78 is 27.0. The predicted molar refractivity (Wildman–Crippen MR) is 120 cm³/mol. The molecule has 1 aliphatic heterocycles. The van der Waals surface area contributed by atoms with Crippen LogP contribution in [-0.4, -0.2) is 29.9 Å². The number of nitrogens with one attached hydrogen (secondary N) is 1. The second-order valence-corrected chi connectivity index (χ2v) is 7.88. The highest BCUT2D eigenvalue weighted by Gasteiger charge is 2.27. The monoisotopic (exact) mass is 455 g/mol. The fourth-order valence-corrected chi connectivity index (χ4v) is 3.88. The van der Waals surface area contributed by atoms with E-state index in [1.165, 1.54) is 12.1 Å². The molecule has 1 fully saturated rings. The van der Waals surface area contributed by atoms with Gasteiger partial charge in [0.05, 0.1) is 10.6 Å². The Morgan fingerprint density at radius 3 is 2.34 bits per heavy atom. The quantitative estimate of drug-likeness (QED) is 0.536. The first-order valence-electron chi connectivity index (χ1n) is 10.1. The van der Waals surface area contributed by atoms with Gasteiger partial charge in [0, 0.05) is 37.1 Å². The van der Waals surface area contributed by atoms with E-state index < -0.39 is 11.6 Å². The zero-order valence-electron chi connectivity index (χ0n) is 17.0. The molecule has 8 heteroatoms. The van der Waals surface area contributed by atoms with E-state index in [-0.39, 0.29) is 18.5 Å². The molecule has 0 aliphatic carbocycles. The van der Waals surface area contributed by atoms with Gasteiger partial charge in [-0.25, -0.2) is 13.6 Å². The number of amides is 3. The molecule has 3 aromatic rings. The minimum atomic E-state index is -0.671. The number of halogens is 3. The summed E-state index contributed by atoms with van der Waals surface area (Å²) in [4.78, 5) is 28.6. The van der Waals surface area contributed by atoms with Gasteiger partial charge < -0.3 is 10.2 Å². The van der Waals surface area contributed by atoms with E-state index in [0.29, 0.717) is 47.0 Å². The molecule has 1 N–H and O–H groups in total. The second-order valence-electron chi connectivity index (χ2n) is 7.47. The molecule has 1 heterocycles. The Kier molecular flexibility index (Phi) is 6.37. The van der Waals surface area contributed by atoms with Crippen molar-refractivity contribution in [1.82, 2.24) is 4.90 Å². The van der Waals surface area contributed by atoms with Gasteiger partial charge in [-0.2, -0.15) is 0 Å². The number of carbonyl (C=O) groups is 2. The number of benzene rings is 3. The number of urea groups is 1. The molecule has 1 saturated heterocycles. The summed E-state index contributed by atoms with van der Waals surface area (Å²) in [5.41, 5.74) is 2.00. The molecule has 0 radical (unpaired) electrons. The van der Waals surface area contributed by atoms with Gasteiger partial charge in [0.2, 0.25) is 0 Å².